The molecule has 0 bridgehead atoms. The van der Waals surface area contributed by atoms with Gasteiger partial charge in [0.2, 0.25) is 5.95 Å². The minimum atomic E-state index is -0.192. The lowest BCUT2D eigenvalue weighted by molar-refractivity contribution is 0.610. The first kappa shape index (κ1) is 16.8. The van der Waals surface area contributed by atoms with Crippen LogP contribution in [0.15, 0.2) is 54.7 Å². The second kappa shape index (κ2) is 8.19. The van der Waals surface area contributed by atoms with Gasteiger partial charge in [0.05, 0.1) is 6.20 Å². The van der Waals surface area contributed by atoms with Gasteiger partial charge in [0.15, 0.2) is 5.82 Å². The molecule has 0 saturated carbocycles. The molecule has 3 rings (SSSR count). The number of hydrogen-bond acceptors (Lipinski definition) is 5. The molecule has 3 aromatic rings. The van der Waals surface area contributed by atoms with Crippen molar-refractivity contribution in [3.8, 4) is 0 Å². The third kappa shape index (κ3) is 4.73. The molecule has 0 saturated heterocycles. The van der Waals surface area contributed by atoms with E-state index in [-0.39, 0.29) is 5.82 Å². The average Bonchev–Trinajstić information content (AvgIpc) is 2.64. The van der Waals surface area contributed by atoms with E-state index >= 15 is 0 Å². The van der Waals surface area contributed by atoms with E-state index in [1.807, 2.05) is 18.2 Å². The molecule has 0 atom stereocenters. The average molecular weight is 337 g/mol. The van der Waals surface area contributed by atoms with Crippen LogP contribution >= 0.6 is 0 Å². The number of benzene rings is 2. The van der Waals surface area contributed by atoms with Crippen LogP contribution in [-0.2, 0) is 12.8 Å². The monoisotopic (exact) mass is 337 g/mol. The Kier molecular flexibility index (Phi) is 5.51. The molecule has 5 nitrogen and oxygen atoms in total. The summed E-state index contributed by atoms with van der Waals surface area (Å²) in [5.74, 6) is 0.821. The molecular formula is C19H20FN5. The van der Waals surface area contributed by atoms with Crippen LogP contribution in [0.1, 0.15) is 18.1 Å². The van der Waals surface area contributed by atoms with Gasteiger partial charge in [-0.15, -0.1) is 5.10 Å². The molecule has 0 aliphatic rings. The number of halogens is 1. The number of aromatic nitrogens is 3. The van der Waals surface area contributed by atoms with E-state index in [9.17, 15) is 4.39 Å². The summed E-state index contributed by atoms with van der Waals surface area (Å²) < 4.78 is 13.6. The fourth-order valence-corrected chi connectivity index (χ4v) is 2.42. The van der Waals surface area contributed by atoms with Gasteiger partial charge >= 0.3 is 0 Å². The van der Waals surface area contributed by atoms with Gasteiger partial charge < -0.3 is 10.6 Å². The standard InChI is InChI=1S/C19H20FN5/c1-2-14-7-9-16(10-8-14)23-19-24-18(13-22-25-19)21-12-11-15-5-3-4-6-17(15)20/h3-10,13H,2,11-12H2,1H3,(H2,21,23,24,25). The number of rotatable bonds is 7. The summed E-state index contributed by atoms with van der Waals surface area (Å²) in [7, 11) is 0. The minimum Gasteiger partial charge on any atom is -0.368 e. The maximum Gasteiger partial charge on any atom is 0.249 e. The van der Waals surface area contributed by atoms with Crippen LogP contribution in [0.2, 0.25) is 0 Å². The van der Waals surface area contributed by atoms with Crippen LogP contribution < -0.4 is 10.6 Å². The van der Waals surface area contributed by atoms with E-state index in [0.717, 1.165) is 12.1 Å². The fourth-order valence-electron chi connectivity index (χ4n) is 2.42. The van der Waals surface area contributed by atoms with Gasteiger partial charge in [-0.1, -0.05) is 37.3 Å². The van der Waals surface area contributed by atoms with Gasteiger partial charge in [0, 0.05) is 12.2 Å². The lowest BCUT2D eigenvalue weighted by Gasteiger charge is -2.08. The number of anilines is 3. The van der Waals surface area contributed by atoms with Gasteiger partial charge in [-0.05, 0) is 42.2 Å². The molecule has 2 N–H and O–H groups in total. The minimum absolute atomic E-state index is 0.192. The normalized spacial score (nSPS) is 10.5. The molecule has 0 aliphatic heterocycles. The van der Waals surface area contributed by atoms with Crippen LogP contribution in [0.5, 0.6) is 0 Å². The van der Waals surface area contributed by atoms with Gasteiger partial charge in [-0.25, -0.2) is 4.39 Å². The highest BCUT2D eigenvalue weighted by Crippen LogP contribution is 2.15. The Bertz CT molecular complexity index is 820. The number of hydrogen-bond donors (Lipinski definition) is 2. The first-order chi connectivity index (χ1) is 12.2. The predicted molar refractivity (Wildman–Crippen MR) is 97.5 cm³/mol. The van der Waals surface area contributed by atoms with Crippen LogP contribution in [0.3, 0.4) is 0 Å². The summed E-state index contributed by atoms with van der Waals surface area (Å²) in [6.07, 6.45) is 3.12. The third-order valence-corrected chi connectivity index (χ3v) is 3.84. The van der Waals surface area contributed by atoms with Crippen molar-refractivity contribution in [3.05, 3.63) is 71.7 Å². The zero-order valence-electron chi connectivity index (χ0n) is 14.0. The quantitative estimate of drug-likeness (QED) is 0.683. The van der Waals surface area contributed by atoms with E-state index in [2.05, 4.69) is 44.9 Å². The summed E-state index contributed by atoms with van der Waals surface area (Å²) in [6, 6.07) is 14.9. The molecule has 1 aromatic heterocycles. The zero-order chi connectivity index (χ0) is 17.5. The smallest absolute Gasteiger partial charge is 0.249 e. The first-order valence-electron chi connectivity index (χ1n) is 8.27. The van der Waals surface area contributed by atoms with Gasteiger partial charge in [-0.3, -0.25) is 0 Å². The fraction of sp³-hybridized carbons (Fsp3) is 0.211. The Balaban J connectivity index is 1.58. The molecule has 0 aliphatic carbocycles. The highest BCUT2D eigenvalue weighted by atomic mass is 19.1. The van der Waals surface area contributed by atoms with Crippen molar-refractivity contribution >= 4 is 17.5 Å². The van der Waals surface area contributed by atoms with Crippen molar-refractivity contribution in [3.63, 3.8) is 0 Å². The number of nitrogens with one attached hydrogen (secondary N) is 2. The highest BCUT2D eigenvalue weighted by Gasteiger charge is 2.03. The predicted octanol–water partition coefficient (Wildman–Crippen LogP) is 3.97. The summed E-state index contributed by atoms with van der Waals surface area (Å²) in [5.41, 5.74) is 2.85. The van der Waals surface area contributed by atoms with E-state index in [0.29, 0.717) is 30.3 Å². The molecule has 6 heteroatoms. The van der Waals surface area contributed by atoms with Crippen molar-refractivity contribution in [1.82, 2.24) is 15.2 Å². The van der Waals surface area contributed by atoms with Crippen LogP contribution in [0, 0.1) is 5.82 Å². The Morgan fingerprint density at radius 1 is 1.04 bits per heavy atom. The van der Waals surface area contributed by atoms with Gasteiger partial charge in [0.25, 0.3) is 0 Å². The number of nitrogens with zero attached hydrogens (tertiary/aromatic N) is 3. The zero-order valence-corrected chi connectivity index (χ0v) is 14.0. The SMILES string of the molecule is CCc1ccc(Nc2nncc(NCCc3ccccc3F)n2)cc1. The maximum atomic E-state index is 13.6. The molecule has 0 unspecified atom stereocenters. The molecule has 128 valence electrons. The summed E-state index contributed by atoms with van der Waals surface area (Å²) >= 11 is 0. The van der Waals surface area contributed by atoms with E-state index in [1.165, 1.54) is 11.6 Å². The third-order valence-electron chi connectivity index (χ3n) is 3.84. The van der Waals surface area contributed by atoms with Crippen molar-refractivity contribution in [2.24, 2.45) is 0 Å². The Labute approximate surface area is 146 Å². The first-order valence-corrected chi connectivity index (χ1v) is 8.27. The highest BCUT2D eigenvalue weighted by molar-refractivity contribution is 5.54. The molecule has 2 aromatic carbocycles. The summed E-state index contributed by atoms with van der Waals surface area (Å²) in [6.45, 7) is 2.68. The molecular weight excluding hydrogens is 317 g/mol. The second-order valence-electron chi connectivity index (χ2n) is 5.61. The molecule has 1 heterocycles. The van der Waals surface area contributed by atoms with Crippen LogP contribution in [-0.4, -0.2) is 21.7 Å². The van der Waals surface area contributed by atoms with E-state index in [1.54, 1.807) is 18.3 Å². The second-order valence-corrected chi connectivity index (χ2v) is 5.61. The molecule has 0 amide bonds. The summed E-state index contributed by atoms with van der Waals surface area (Å²) in [5, 5.41) is 14.2. The summed E-state index contributed by atoms with van der Waals surface area (Å²) in [4.78, 5) is 4.37. The molecule has 0 radical (unpaired) electrons. The lowest BCUT2D eigenvalue weighted by Crippen LogP contribution is -2.09. The van der Waals surface area contributed by atoms with Crippen molar-refractivity contribution in [1.29, 1.82) is 0 Å². The van der Waals surface area contributed by atoms with Crippen molar-refractivity contribution < 1.29 is 4.39 Å². The topological polar surface area (TPSA) is 62.7 Å². The van der Waals surface area contributed by atoms with Crippen molar-refractivity contribution in [2.75, 3.05) is 17.2 Å². The number of aryl methyl sites for hydroxylation is 1. The molecule has 0 fully saturated rings. The Morgan fingerprint density at radius 3 is 2.60 bits per heavy atom. The van der Waals surface area contributed by atoms with Gasteiger partial charge in [0.1, 0.15) is 5.82 Å². The van der Waals surface area contributed by atoms with E-state index < -0.39 is 0 Å². The largest absolute Gasteiger partial charge is 0.368 e. The van der Waals surface area contributed by atoms with Crippen LogP contribution in [0.25, 0.3) is 0 Å². The Hall–Kier alpha value is -3.02. The molecule has 0 spiro atoms. The van der Waals surface area contributed by atoms with Gasteiger partial charge in [-0.2, -0.15) is 10.1 Å². The van der Waals surface area contributed by atoms with E-state index in [4.69, 9.17) is 0 Å². The lowest BCUT2D eigenvalue weighted by atomic mass is 10.1. The van der Waals surface area contributed by atoms with Crippen LogP contribution in [0.4, 0.5) is 21.8 Å². The molecule has 25 heavy (non-hydrogen) atoms. The van der Waals surface area contributed by atoms with Crippen molar-refractivity contribution in [2.45, 2.75) is 19.8 Å². The Morgan fingerprint density at radius 2 is 1.84 bits per heavy atom. The maximum absolute atomic E-state index is 13.6.